The number of nitrogens with one attached hydrogen (secondary N) is 1. The first-order chi connectivity index (χ1) is 12.0. The number of carbonyl (C=O) groups excluding carboxylic acids is 2. The van der Waals surface area contributed by atoms with Crippen LogP contribution in [0.1, 0.15) is 20.9 Å². The number of ether oxygens (including phenoxy) is 1. The van der Waals surface area contributed by atoms with E-state index in [-0.39, 0.29) is 21.8 Å². The lowest BCUT2D eigenvalue weighted by Crippen LogP contribution is -2.15. The molecule has 1 N–H and O–H groups in total. The fourth-order valence-electron chi connectivity index (χ4n) is 2.28. The average Bonchev–Trinajstić information content (AvgIpc) is 2.62. The van der Waals surface area contributed by atoms with E-state index >= 15 is 0 Å². The van der Waals surface area contributed by atoms with Crippen molar-refractivity contribution in [3.05, 3.63) is 75.1 Å². The maximum Gasteiger partial charge on any atom is 0.339 e. The van der Waals surface area contributed by atoms with Gasteiger partial charge in [0.05, 0.1) is 23.1 Å². The maximum absolute atomic E-state index is 12.4. The van der Waals surface area contributed by atoms with Gasteiger partial charge in [0.2, 0.25) is 0 Å². The zero-order valence-corrected chi connectivity index (χ0v) is 13.8. The van der Waals surface area contributed by atoms with Gasteiger partial charge in [-0.15, -0.1) is 0 Å². The fourth-order valence-corrected chi connectivity index (χ4v) is 2.47. The molecule has 0 saturated heterocycles. The first-order valence-electron chi connectivity index (χ1n) is 7.21. The number of hydrogen-bond acceptors (Lipinski definition) is 5. The number of methoxy groups -OCH3 is 1. The first kappa shape index (κ1) is 16.7. The number of rotatable bonds is 3. The van der Waals surface area contributed by atoms with Crippen molar-refractivity contribution in [1.29, 1.82) is 0 Å². The number of fused-ring (bicyclic) bond motifs is 1. The second kappa shape index (κ2) is 6.78. The highest BCUT2D eigenvalue weighted by Crippen LogP contribution is 2.22. The molecule has 3 aromatic rings. The van der Waals surface area contributed by atoms with Gasteiger partial charge in [0.1, 0.15) is 5.58 Å². The van der Waals surface area contributed by atoms with Gasteiger partial charge in [-0.05, 0) is 30.3 Å². The number of hydrogen-bond donors (Lipinski definition) is 1. The summed E-state index contributed by atoms with van der Waals surface area (Å²) in [6, 6.07) is 12.1. The number of carbonyl (C=O) groups is 2. The van der Waals surface area contributed by atoms with Crippen LogP contribution in [-0.4, -0.2) is 19.0 Å². The fraction of sp³-hybridized carbons (Fsp3) is 0.0556. The number of amides is 1. The van der Waals surface area contributed by atoms with E-state index in [9.17, 15) is 14.4 Å². The van der Waals surface area contributed by atoms with Crippen LogP contribution in [0.25, 0.3) is 11.0 Å². The zero-order valence-electron chi connectivity index (χ0n) is 13.0. The molecule has 0 bridgehead atoms. The molecule has 0 unspecified atom stereocenters. The third kappa shape index (κ3) is 3.39. The van der Waals surface area contributed by atoms with Gasteiger partial charge in [0.15, 0.2) is 11.2 Å². The van der Waals surface area contributed by atoms with Gasteiger partial charge in [-0.25, -0.2) is 4.79 Å². The molecular weight excluding hydrogens is 346 g/mol. The normalized spacial score (nSPS) is 10.5. The van der Waals surface area contributed by atoms with Crippen LogP contribution in [0.4, 0.5) is 5.69 Å². The molecule has 0 spiro atoms. The Kier molecular flexibility index (Phi) is 4.54. The van der Waals surface area contributed by atoms with Crippen molar-refractivity contribution in [2.75, 3.05) is 12.4 Å². The van der Waals surface area contributed by atoms with E-state index in [1.54, 1.807) is 24.3 Å². The van der Waals surface area contributed by atoms with Crippen molar-refractivity contribution in [2.45, 2.75) is 0 Å². The van der Waals surface area contributed by atoms with E-state index in [2.05, 4.69) is 10.1 Å². The summed E-state index contributed by atoms with van der Waals surface area (Å²) in [6.07, 6.45) is 0. The summed E-state index contributed by atoms with van der Waals surface area (Å²) in [5, 5.41) is 3.14. The molecule has 1 heterocycles. The highest BCUT2D eigenvalue weighted by atomic mass is 35.5. The smallest absolute Gasteiger partial charge is 0.339 e. The molecule has 3 rings (SSSR count). The monoisotopic (exact) mass is 357 g/mol. The quantitative estimate of drug-likeness (QED) is 0.725. The molecule has 0 saturated carbocycles. The van der Waals surface area contributed by atoms with Gasteiger partial charge < -0.3 is 14.5 Å². The van der Waals surface area contributed by atoms with Gasteiger partial charge in [-0.3, -0.25) is 9.59 Å². The summed E-state index contributed by atoms with van der Waals surface area (Å²) in [5.74, 6) is -1.39. The highest BCUT2D eigenvalue weighted by Gasteiger charge is 2.15. The Balaban J connectivity index is 1.93. The predicted molar refractivity (Wildman–Crippen MR) is 93.2 cm³/mol. The van der Waals surface area contributed by atoms with Crippen molar-refractivity contribution < 1.29 is 18.7 Å². The van der Waals surface area contributed by atoms with Crippen molar-refractivity contribution in [3.8, 4) is 0 Å². The predicted octanol–water partition coefficient (Wildman–Crippen LogP) is 3.49. The van der Waals surface area contributed by atoms with Crippen molar-refractivity contribution in [3.63, 3.8) is 0 Å². The molecule has 7 heteroatoms. The summed E-state index contributed by atoms with van der Waals surface area (Å²) in [5.41, 5.74) is 0.414. The molecule has 1 aromatic heterocycles. The number of para-hydroxylation sites is 1. The molecule has 0 aliphatic heterocycles. The summed E-state index contributed by atoms with van der Waals surface area (Å²) >= 11 is 5.94. The van der Waals surface area contributed by atoms with E-state index < -0.39 is 11.9 Å². The van der Waals surface area contributed by atoms with Crippen molar-refractivity contribution >= 4 is 40.1 Å². The van der Waals surface area contributed by atoms with Gasteiger partial charge in [-0.2, -0.15) is 0 Å². The largest absolute Gasteiger partial charge is 0.465 e. The van der Waals surface area contributed by atoms with Crippen LogP contribution in [0.5, 0.6) is 0 Å². The van der Waals surface area contributed by atoms with Crippen LogP contribution in [0, 0.1) is 0 Å². The topological polar surface area (TPSA) is 85.6 Å². The Labute approximate surface area is 147 Å². The van der Waals surface area contributed by atoms with Gasteiger partial charge in [-0.1, -0.05) is 23.7 Å². The van der Waals surface area contributed by atoms with E-state index in [1.165, 1.54) is 25.3 Å². The maximum atomic E-state index is 12.4. The molecule has 25 heavy (non-hydrogen) atoms. The molecule has 0 atom stereocenters. The number of halogens is 1. The molecule has 1 amide bonds. The lowest BCUT2D eigenvalue weighted by Gasteiger charge is -2.08. The van der Waals surface area contributed by atoms with Gasteiger partial charge >= 0.3 is 5.97 Å². The zero-order chi connectivity index (χ0) is 18.0. The second-order valence-corrected chi connectivity index (χ2v) is 5.52. The summed E-state index contributed by atoms with van der Waals surface area (Å²) in [7, 11) is 1.23. The summed E-state index contributed by atoms with van der Waals surface area (Å²) < 4.78 is 10.1. The Morgan fingerprint density at radius 2 is 1.88 bits per heavy atom. The SMILES string of the molecule is COC(=O)c1cc(NC(=O)c2cc(=O)c3ccccc3o2)ccc1Cl. The molecule has 0 aliphatic carbocycles. The number of esters is 1. The van der Waals surface area contributed by atoms with E-state index in [0.29, 0.717) is 16.7 Å². The molecule has 0 radical (unpaired) electrons. The van der Waals surface area contributed by atoms with Crippen LogP contribution in [0.15, 0.2) is 57.7 Å². The molecule has 6 nitrogen and oxygen atoms in total. The minimum atomic E-state index is -0.627. The van der Waals surface area contributed by atoms with E-state index in [0.717, 1.165) is 6.07 Å². The second-order valence-electron chi connectivity index (χ2n) is 5.11. The third-order valence-corrected chi connectivity index (χ3v) is 3.82. The summed E-state index contributed by atoms with van der Waals surface area (Å²) in [6.45, 7) is 0. The van der Waals surface area contributed by atoms with Crippen LogP contribution in [-0.2, 0) is 4.74 Å². The minimum Gasteiger partial charge on any atom is -0.465 e. The van der Waals surface area contributed by atoms with Crippen molar-refractivity contribution in [1.82, 2.24) is 0 Å². The number of anilines is 1. The Morgan fingerprint density at radius 1 is 1.12 bits per heavy atom. The standard InChI is InChI=1S/C18H12ClNO5/c1-24-18(23)12-8-10(6-7-13(12)19)20-17(22)16-9-14(21)11-4-2-3-5-15(11)25-16/h2-9H,1H3,(H,20,22). The lowest BCUT2D eigenvalue weighted by molar-refractivity contribution is 0.0600. The third-order valence-electron chi connectivity index (χ3n) is 3.49. The van der Waals surface area contributed by atoms with Crippen LogP contribution < -0.4 is 10.7 Å². The lowest BCUT2D eigenvalue weighted by atomic mass is 10.2. The van der Waals surface area contributed by atoms with Crippen LogP contribution in [0.3, 0.4) is 0 Å². The highest BCUT2D eigenvalue weighted by molar-refractivity contribution is 6.33. The molecular formula is C18H12ClNO5. The van der Waals surface area contributed by atoms with E-state index in [1.807, 2.05) is 0 Å². The minimum absolute atomic E-state index is 0.113. The van der Waals surface area contributed by atoms with Crippen molar-refractivity contribution in [2.24, 2.45) is 0 Å². The summed E-state index contributed by atoms with van der Waals surface area (Å²) in [4.78, 5) is 36.1. The van der Waals surface area contributed by atoms with Gasteiger partial charge in [0, 0.05) is 11.8 Å². The Hall–Kier alpha value is -3.12. The van der Waals surface area contributed by atoms with Crippen LogP contribution in [0.2, 0.25) is 5.02 Å². The molecule has 0 fully saturated rings. The average molecular weight is 358 g/mol. The Morgan fingerprint density at radius 3 is 2.64 bits per heavy atom. The first-order valence-corrected chi connectivity index (χ1v) is 7.59. The molecule has 0 aliphatic rings. The molecule has 126 valence electrons. The van der Waals surface area contributed by atoms with Gasteiger partial charge in [0.25, 0.3) is 5.91 Å². The van der Waals surface area contributed by atoms with Crippen LogP contribution >= 0.6 is 11.6 Å². The number of benzene rings is 2. The van der Waals surface area contributed by atoms with E-state index in [4.69, 9.17) is 16.0 Å². The Bertz CT molecular complexity index is 1040. The molecule has 2 aromatic carbocycles.